The number of carbonyl (C=O) groups is 1. The lowest BCUT2D eigenvalue weighted by molar-refractivity contribution is -0.173. The number of hydrogen-bond donors (Lipinski definition) is 1. The Hall–Kier alpha value is -3.18. The van der Waals surface area contributed by atoms with Crippen molar-refractivity contribution in [3.8, 4) is 5.75 Å². The van der Waals surface area contributed by atoms with E-state index in [2.05, 4.69) is 0 Å². The maximum atomic E-state index is 15.0. The van der Waals surface area contributed by atoms with Crippen molar-refractivity contribution in [2.24, 2.45) is 0 Å². The third-order valence-corrected chi connectivity index (χ3v) is 7.76. The average Bonchev–Trinajstić information content (AvgIpc) is 2.98. The van der Waals surface area contributed by atoms with E-state index in [0.717, 1.165) is 13.0 Å². The number of hydrogen-bond acceptors (Lipinski definition) is 5. The van der Waals surface area contributed by atoms with Gasteiger partial charge in [0.25, 0.3) is 5.91 Å². The van der Waals surface area contributed by atoms with Gasteiger partial charge in [0.1, 0.15) is 18.5 Å². The molecule has 1 N–H and O–H groups in total. The number of amides is 1. The van der Waals surface area contributed by atoms with Crippen LogP contribution in [0.2, 0.25) is 5.02 Å². The fraction of sp³-hybridized carbons (Fsp3) is 0.250. The Labute approximate surface area is 211 Å². The summed E-state index contributed by atoms with van der Waals surface area (Å²) in [6, 6.07) is 7.38. The highest BCUT2D eigenvalue weighted by Gasteiger charge is 2.47. The Morgan fingerprint density at radius 2 is 1.89 bits per heavy atom. The Bertz CT molecular complexity index is 1450. The van der Waals surface area contributed by atoms with Crippen molar-refractivity contribution < 1.29 is 27.5 Å². The van der Waals surface area contributed by atoms with Crippen LogP contribution in [0.5, 0.6) is 5.75 Å². The summed E-state index contributed by atoms with van der Waals surface area (Å²) in [4.78, 5) is 26.6. The van der Waals surface area contributed by atoms with Crippen molar-refractivity contribution in [2.45, 2.75) is 35.8 Å². The summed E-state index contributed by atoms with van der Waals surface area (Å²) in [6.45, 7) is 0.274. The number of nitrogens with zero attached hydrogens (tertiary/aromatic N) is 3. The first kappa shape index (κ1) is 24.5. The zero-order valence-electron chi connectivity index (χ0n) is 18.6. The van der Waals surface area contributed by atoms with E-state index >= 15 is 0 Å². The normalized spacial score (nSPS) is 18.3. The molecule has 0 bridgehead atoms. The van der Waals surface area contributed by atoms with Crippen molar-refractivity contribution in [2.75, 3.05) is 11.7 Å². The highest BCUT2D eigenvalue weighted by Crippen LogP contribution is 2.44. The lowest BCUT2D eigenvalue weighted by atomic mass is 9.94. The molecule has 0 aliphatic carbocycles. The summed E-state index contributed by atoms with van der Waals surface area (Å²) < 4.78 is 57.4. The van der Waals surface area contributed by atoms with Crippen molar-refractivity contribution in [3.63, 3.8) is 0 Å². The number of rotatable bonds is 2. The van der Waals surface area contributed by atoms with E-state index < -0.39 is 53.5 Å². The van der Waals surface area contributed by atoms with Gasteiger partial charge in [0.05, 0.1) is 6.04 Å². The molecule has 2 aliphatic rings. The Morgan fingerprint density at radius 1 is 1.14 bits per heavy atom. The van der Waals surface area contributed by atoms with Crippen LogP contribution in [0.1, 0.15) is 40.1 Å². The summed E-state index contributed by atoms with van der Waals surface area (Å²) in [5.41, 5.74) is -0.0752. The monoisotopic (exact) mass is 539 g/mol. The number of benzene rings is 2. The van der Waals surface area contributed by atoms with Crippen LogP contribution < -0.4 is 10.4 Å². The smallest absolute Gasteiger partial charge is 0.408 e. The molecule has 0 unspecified atom stereocenters. The van der Waals surface area contributed by atoms with Gasteiger partial charge in [-0.05, 0) is 36.2 Å². The third kappa shape index (κ3) is 3.90. The molecule has 1 amide bonds. The molecular weight excluding hydrogens is 522 g/mol. The second kappa shape index (κ2) is 8.74. The van der Waals surface area contributed by atoms with Crippen LogP contribution in [0.3, 0.4) is 0 Å². The molecule has 3 heterocycles. The van der Waals surface area contributed by atoms with Gasteiger partial charge in [0.2, 0.25) is 5.43 Å². The van der Waals surface area contributed by atoms with Gasteiger partial charge in [0, 0.05) is 33.5 Å². The van der Waals surface area contributed by atoms with E-state index in [1.54, 1.807) is 24.3 Å². The number of aromatic nitrogens is 1. The molecule has 5 rings (SSSR count). The standard InChI is InChI=1S/C24H18ClF4N3O3S/c1-12(24(27,28)29)30-11-32(31-8-7-18(33)22(34)21(31)23(30)35)20-14-3-2-4-17(26)16(14)10-36-19-9-13(25)5-6-15(19)20/h2-9,12,20,34H,10-11H2,1H3/t12-,20+/m1/s1. The molecule has 3 aromatic rings. The molecule has 2 aliphatic heterocycles. The molecule has 0 spiro atoms. The van der Waals surface area contributed by atoms with E-state index in [0.29, 0.717) is 31.5 Å². The van der Waals surface area contributed by atoms with Gasteiger partial charge < -0.3 is 10.0 Å². The molecule has 0 saturated heterocycles. The van der Waals surface area contributed by atoms with Crippen LogP contribution in [0, 0.1) is 5.82 Å². The highest BCUT2D eigenvalue weighted by molar-refractivity contribution is 7.98. The van der Waals surface area contributed by atoms with Gasteiger partial charge >= 0.3 is 6.18 Å². The van der Waals surface area contributed by atoms with Crippen molar-refractivity contribution in [1.29, 1.82) is 0 Å². The van der Waals surface area contributed by atoms with Gasteiger partial charge in [0.15, 0.2) is 11.4 Å². The Balaban J connectivity index is 1.80. The van der Waals surface area contributed by atoms with Crippen LogP contribution >= 0.6 is 23.4 Å². The fourth-order valence-corrected chi connectivity index (χ4v) is 5.92. The maximum absolute atomic E-state index is 15.0. The largest absolute Gasteiger partial charge is 0.502 e. The number of aromatic hydroxyl groups is 1. The summed E-state index contributed by atoms with van der Waals surface area (Å²) in [5, 5.41) is 12.3. The average molecular weight is 540 g/mol. The second-order valence-electron chi connectivity index (χ2n) is 8.48. The van der Waals surface area contributed by atoms with E-state index in [9.17, 15) is 32.3 Å². The van der Waals surface area contributed by atoms with Crippen LogP contribution in [0.25, 0.3) is 0 Å². The molecular formula is C24H18ClF4N3O3S. The molecule has 0 fully saturated rings. The lowest BCUT2D eigenvalue weighted by Gasteiger charge is -2.46. The Morgan fingerprint density at radius 3 is 2.61 bits per heavy atom. The molecule has 36 heavy (non-hydrogen) atoms. The zero-order valence-corrected chi connectivity index (χ0v) is 20.2. The Kier molecular flexibility index (Phi) is 5.95. The number of pyridine rings is 1. The van der Waals surface area contributed by atoms with Crippen LogP contribution in [0.4, 0.5) is 17.6 Å². The van der Waals surface area contributed by atoms with Gasteiger partial charge in [-0.15, -0.1) is 11.8 Å². The third-order valence-electron chi connectivity index (χ3n) is 6.42. The van der Waals surface area contributed by atoms with Gasteiger partial charge in [-0.25, -0.2) is 4.39 Å². The maximum Gasteiger partial charge on any atom is 0.408 e. The first-order valence-electron chi connectivity index (χ1n) is 10.8. The minimum atomic E-state index is -4.77. The first-order chi connectivity index (χ1) is 17.0. The summed E-state index contributed by atoms with van der Waals surface area (Å²) in [6.07, 6.45) is -3.56. The van der Waals surface area contributed by atoms with Gasteiger partial charge in [-0.1, -0.05) is 29.8 Å². The van der Waals surface area contributed by atoms with Crippen LogP contribution in [0.15, 0.2) is 58.4 Å². The van der Waals surface area contributed by atoms with E-state index in [1.807, 2.05) is 0 Å². The molecule has 6 nitrogen and oxygen atoms in total. The summed E-state index contributed by atoms with van der Waals surface area (Å²) in [5.74, 6) is -2.36. The van der Waals surface area contributed by atoms with Crippen molar-refractivity contribution in [3.05, 3.63) is 92.1 Å². The molecule has 12 heteroatoms. The molecule has 0 radical (unpaired) electrons. The molecule has 1 aromatic heterocycles. The number of carbonyl (C=O) groups excluding carboxylic acids is 1. The molecule has 2 atom stereocenters. The number of halogens is 5. The zero-order chi connectivity index (χ0) is 25.9. The van der Waals surface area contributed by atoms with Crippen molar-refractivity contribution >= 4 is 29.3 Å². The number of alkyl halides is 3. The fourth-order valence-electron chi connectivity index (χ4n) is 4.52. The van der Waals surface area contributed by atoms with Crippen molar-refractivity contribution in [1.82, 2.24) is 9.58 Å². The first-order valence-corrected chi connectivity index (χ1v) is 12.1. The second-order valence-corrected chi connectivity index (χ2v) is 9.93. The quantitative estimate of drug-likeness (QED) is 0.462. The SMILES string of the molecule is C[C@@H](N1CN([C@@H]2c3ccc(Cl)cc3SCc3c(F)cccc32)n2ccc(=O)c(O)c2C1=O)C(F)(F)F. The van der Waals surface area contributed by atoms with E-state index in [1.165, 1.54) is 39.8 Å². The molecule has 0 saturated carbocycles. The topological polar surface area (TPSA) is 65.8 Å². The highest BCUT2D eigenvalue weighted by atomic mass is 35.5. The van der Waals surface area contributed by atoms with Crippen LogP contribution in [-0.4, -0.2) is 39.5 Å². The van der Waals surface area contributed by atoms with Gasteiger partial charge in [-0.3, -0.25) is 19.3 Å². The lowest BCUT2D eigenvalue weighted by Crippen LogP contribution is -2.60. The van der Waals surface area contributed by atoms with E-state index in [4.69, 9.17) is 11.6 Å². The number of fused-ring (bicyclic) bond motifs is 3. The number of thioether (sulfide) groups is 1. The minimum absolute atomic E-state index is 0.240. The molecule has 2 aromatic carbocycles. The molecule has 188 valence electrons. The van der Waals surface area contributed by atoms with Crippen LogP contribution in [-0.2, 0) is 5.75 Å². The minimum Gasteiger partial charge on any atom is -0.502 e. The van der Waals surface area contributed by atoms with Gasteiger partial charge in [-0.2, -0.15) is 13.2 Å². The van der Waals surface area contributed by atoms with E-state index in [-0.39, 0.29) is 5.75 Å². The summed E-state index contributed by atoms with van der Waals surface area (Å²) >= 11 is 7.53. The predicted molar refractivity (Wildman–Crippen MR) is 126 cm³/mol. The summed E-state index contributed by atoms with van der Waals surface area (Å²) in [7, 11) is 0. The predicted octanol–water partition coefficient (Wildman–Crippen LogP) is 5.04.